The van der Waals surface area contributed by atoms with Crippen molar-refractivity contribution in [2.24, 2.45) is 11.7 Å². The summed E-state index contributed by atoms with van der Waals surface area (Å²) in [6.07, 6.45) is 0.418. The standard InChI is InChI=1S/C9H17N3O4/c1-3-6(8(14)15)4-11-9(16)12-5(2)7(10)13/h5-6H,3-4H2,1-2H3,(H2,10,13)(H,14,15)(H2,11,12,16). The molecule has 5 N–H and O–H groups in total. The maximum Gasteiger partial charge on any atom is 0.315 e. The summed E-state index contributed by atoms with van der Waals surface area (Å²) in [5.74, 6) is -2.25. The van der Waals surface area contributed by atoms with E-state index in [2.05, 4.69) is 10.6 Å². The van der Waals surface area contributed by atoms with Gasteiger partial charge in [-0.25, -0.2) is 4.79 Å². The zero-order valence-electron chi connectivity index (χ0n) is 9.32. The smallest absolute Gasteiger partial charge is 0.315 e. The number of nitrogens with two attached hydrogens (primary N) is 1. The Kier molecular flexibility index (Phi) is 5.91. The van der Waals surface area contributed by atoms with Gasteiger partial charge in [-0.15, -0.1) is 0 Å². The minimum atomic E-state index is -0.967. The second-order valence-corrected chi connectivity index (χ2v) is 3.42. The Labute approximate surface area is 93.4 Å². The molecule has 3 amide bonds. The molecule has 0 aliphatic carbocycles. The number of amides is 3. The number of carboxylic acid groups (broad SMARTS) is 1. The maximum atomic E-state index is 11.2. The summed E-state index contributed by atoms with van der Waals surface area (Å²) in [4.78, 5) is 32.4. The van der Waals surface area contributed by atoms with Gasteiger partial charge in [0.2, 0.25) is 5.91 Å². The summed E-state index contributed by atoms with van der Waals surface area (Å²) in [6.45, 7) is 3.17. The van der Waals surface area contributed by atoms with Crippen LogP contribution in [0.5, 0.6) is 0 Å². The first kappa shape index (κ1) is 14.2. The molecule has 0 fully saturated rings. The average Bonchev–Trinajstić information content (AvgIpc) is 2.17. The molecule has 0 rings (SSSR count). The highest BCUT2D eigenvalue weighted by atomic mass is 16.4. The van der Waals surface area contributed by atoms with Crippen LogP contribution >= 0.6 is 0 Å². The van der Waals surface area contributed by atoms with Crippen molar-refractivity contribution in [1.29, 1.82) is 0 Å². The lowest BCUT2D eigenvalue weighted by Crippen LogP contribution is -2.48. The lowest BCUT2D eigenvalue weighted by atomic mass is 10.1. The molecular formula is C9H17N3O4. The van der Waals surface area contributed by atoms with Crippen LogP contribution in [0.3, 0.4) is 0 Å². The monoisotopic (exact) mass is 231 g/mol. The van der Waals surface area contributed by atoms with Crippen LogP contribution in [0.1, 0.15) is 20.3 Å². The van der Waals surface area contributed by atoms with Crippen LogP contribution in [-0.2, 0) is 9.59 Å². The molecule has 92 valence electrons. The SMILES string of the molecule is CCC(CNC(=O)NC(C)C(N)=O)C(=O)O. The van der Waals surface area contributed by atoms with Gasteiger partial charge in [0.15, 0.2) is 0 Å². The summed E-state index contributed by atoms with van der Waals surface area (Å²) in [6, 6.07) is -1.39. The molecule has 7 heteroatoms. The van der Waals surface area contributed by atoms with Crippen LogP contribution in [0, 0.1) is 5.92 Å². The fraction of sp³-hybridized carbons (Fsp3) is 0.667. The second kappa shape index (κ2) is 6.65. The Morgan fingerprint density at radius 2 is 1.94 bits per heavy atom. The zero-order chi connectivity index (χ0) is 12.7. The third-order valence-corrected chi connectivity index (χ3v) is 2.13. The van der Waals surface area contributed by atoms with Gasteiger partial charge in [-0.2, -0.15) is 0 Å². The highest BCUT2D eigenvalue weighted by molar-refractivity contribution is 5.85. The van der Waals surface area contributed by atoms with Crippen molar-refractivity contribution in [3.8, 4) is 0 Å². The lowest BCUT2D eigenvalue weighted by Gasteiger charge is -2.14. The number of nitrogens with one attached hydrogen (secondary N) is 2. The Morgan fingerprint density at radius 1 is 1.38 bits per heavy atom. The van der Waals surface area contributed by atoms with E-state index in [1.807, 2.05) is 0 Å². The van der Waals surface area contributed by atoms with E-state index in [1.54, 1.807) is 6.92 Å². The number of carbonyl (C=O) groups is 3. The molecule has 16 heavy (non-hydrogen) atoms. The third kappa shape index (κ3) is 5.18. The van der Waals surface area contributed by atoms with E-state index in [-0.39, 0.29) is 6.54 Å². The Bertz CT molecular complexity index is 280. The van der Waals surface area contributed by atoms with E-state index in [0.717, 1.165) is 0 Å². The number of hydrogen-bond acceptors (Lipinski definition) is 3. The fourth-order valence-electron chi connectivity index (χ4n) is 0.941. The van der Waals surface area contributed by atoms with Crippen LogP contribution in [0.4, 0.5) is 4.79 Å². The van der Waals surface area contributed by atoms with Crippen LogP contribution in [0.2, 0.25) is 0 Å². The van der Waals surface area contributed by atoms with Gasteiger partial charge < -0.3 is 21.5 Å². The van der Waals surface area contributed by atoms with Crippen molar-refractivity contribution < 1.29 is 19.5 Å². The number of aliphatic carboxylic acids is 1. The number of carbonyl (C=O) groups excluding carboxylic acids is 2. The fourth-order valence-corrected chi connectivity index (χ4v) is 0.941. The Morgan fingerprint density at radius 3 is 2.31 bits per heavy atom. The molecule has 0 heterocycles. The zero-order valence-corrected chi connectivity index (χ0v) is 9.32. The van der Waals surface area contributed by atoms with Crippen LogP contribution in [-0.4, -0.2) is 35.6 Å². The molecule has 0 spiro atoms. The van der Waals surface area contributed by atoms with Gasteiger partial charge in [-0.1, -0.05) is 6.92 Å². The van der Waals surface area contributed by atoms with E-state index in [1.165, 1.54) is 6.92 Å². The number of hydrogen-bond donors (Lipinski definition) is 4. The number of urea groups is 1. The molecule has 2 unspecified atom stereocenters. The van der Waals surface area contributed by atoms with Gasteiger partial charge in [-0.05, 0) is 13.3 Å². The largest absolute Gasteiger partial charge is 0.481 e. The summed E-state index contributed by atoms with van der Waals surface area (Å²) in [5.41, 5.74) is 4.94. The molecule has 0 aliphatic heterocycles. The molecule has 0 bridgehead atoms. The third-order valence-electron chi connectivity index (χ3n) is 2.13. The summed E-state index contributed by atoms with van der Waals surface area (Å²) >= 11 is 0. The van der Waals surface area contributed by atoms with Crippen LogP contribution in [0.25, 0.3) is 0 Å². The van der Waals surface area contributed by atoms with Crippen molar-refractivity contribution in [1.82, 2.24) is 10.6 Å². The van der Waals surface area contributed by atoms with Gasteiger partial charge in [0, 0.05) is 6.54 Å². The highest BCUT2D eigenvalue weighted by Gasteiger charge is 2.17. The van der Waals surface area contributed by atoms with Gasteiger partial charge in [0.05, 0.1) is 5.92 Å². The van der Waals surface area contributed by atoms with Crippen molar-refractivity contribution in [2.45, 2.75) is 26.3 Å². The number of rotatable bonds is 6. The number of carboxylic acids is 1. The molecule has 0 aromatic heterocycles. The molecular weight excluding hydrogens is 214 g/mol. The predicted octanol–water partition coefficient (Wildman–Crippen LogP) is -0.730. The topological polar surface area (TPSA) is 122 Å². The van der Waals surface area contributed by atoms with Gasteiger partial charge in [0.25, 0.3) is 0 Å². The molecule has 2 atom stereocenters. The molecule has 0 aromatic rings. The first-order chi connectivity index (χ1) is 7.38. The van der Waals surface area contributed by atoms with Crippen molar-refractivity contribution >= 4 is 17.9 Å². The molecule has 0 aliphatic rings. The average molecular weight is 231 g/mol. The Hall–Kier alpha value is -1.79. The van der Waals surface area contributed by atoms with E-state index >= 15 is 0 Å². The molecule has 0 saturated heterocycles. The summed E-state index contributed by atoms with van der Waals surface area (Å²) < 4.78 is 0. The number of primary amides is 1. The lowest BCUT2D eigenvalue weighted by molar-refractivity contribution is -0.141. The first-order valence-corrected chi connectivity index (χ1v) is 4.95. The summed E-state index contributed by atoms with van der Waals surface area (Å²) in [7, 11) is 0. The van der Waals surface area contributed by atoms with Crippen LogP contribution in [0.15, 0.2) is 0 Å². The quantitative estimate of drug-likeness (QED) is 0.481. The van der Waals surface area contributed by atoms with E-state index in [0.29, 0.717) is 6.42 Å². The van der Waals surface area contributed by atoms with Gasteiger partial charge >= 0.3 is 12.0 Å². The minimum absolute atomic E-state index is 0.0170. The maximum absolute atomic E-state index is 11.2. The molecule has 0 aromatic carbocycles. The normalized spacial score (nSPS) is 13.6. The predicted molar refractivity (Wildman–Crippen MR) is 56.6 cm³/mol. The molecule has 0 radical (unpaired) electrons. The van der Waals surface area contributed by atoms with Crippen LogP contribution < -0.4 is 16.4 Å². The highest BCUT2D eigenvalue weighted by Crippen LogP contribution is 1.99. The second-order valence-electron chi connectivity index (χ2n) is 3.42. The minimum Gasteiger partial charge on any atom is -0.481 e. The van der Waals surface area contributed by atoms with E-state index < -0.39 is 29.9 Å². The van der Waals surface area contributed by atoms with Crippen molar-refractivity contribution in [3.05, 3.63) is 0 Å². The van der Waals surface area contributed by atoms with Crippen molar-refractivity contribution in [3.63, 3.8) is 0 Å². The van der Waals surface area contributed by atoms with E-state index in [4.69, 9.17) is 10.8 Å². The van der Waals surface area contributed by atoms with E-state index in [9.17, 15) is 14.4 Å². The van der Waals surface area contributed by atoms with Crippen molar-refractivity contribution in [2.75, 3.05) is 6.54 Å². The molecule has 7 nitrogen and oxygen atoms in total. The molecule has 0 saturated carbocycles. The summed E-state index contributed by atoms with van der Waals surface area (Å²) in [5, 5.41) is 13.4. The Balaban J connectivity index is 3.97. The van der Waals surface area contributed by atoms with Gasteiger partial charge in [0.1, 0.15) is 6.04 Å². The van der Waals surface area contributed by atoms with Gasteiger partial charge in [-0.3, -0.25) is 9.59 Å². The first-order valence-electron chi connectivity index (χ1n) is 4.95.